The summed E-state index contributed by atoms with van der Waals surface area (Å²) in [6.07, 6.45) is 3.25. The highest BCUT2D eigenvalue weighted by atomic mass is 16.5. The molecule has 0 heterocycles. The van der Waals surface area contributed by atoms with Crippen LogP contribution in [0.2, 0.25) is 0 Å². The molecule has 0 aliphatic heterocycles. The predicted octanol–water partition coefficient (Wildman–Crippen LogP) is 4.20. The predicted molar refractivity (Wildman–Crippen MR) is 115 cm³/mol. The van der Waals surface area contributed by atoms with Crippen LogP contribution in [-0.2, 0) is 6.54 Å². The minimum absolute atomic E-state index is 0.0103. The van der Waals surface area contributed by atoms with Crippen molar-refractivity contribution in [2.45, 2.75) is 20.4 Å². The van der Waals surface area contributed by atoms with Crippen molar-refractivity contribution in [1.82, 2.24) is 4.90 Å². The van der Waals surface area contributed by atoms with Crippen LogP contribution in [0.25, 0.3) is 6.08 Å². The van der Waals surface area contributed by atoms with Gasteiger partial charge < -0.3 is 14.7 Å². The molecule has 150 valence electrons. The molecule has 0 atom stereocenters. The zero-order valence-electron chi connectivity index (χ0n) is 17.4. The van der Waals surface area contributed by atoms with Crippen molar-refractivity contribution in [3.8, 4) is 11.5 Å². The van der Waals surface area contributed by atoms with Gasteiger partial charge in [-0.15, -0.1) is 0 Å². The first kappa shape index (κ1) is 21.5. The molecular formula is C23H30N2O3. The Morgan fingerprint density at radius 1 is 1.07 bits per heavy atom. The van der Waals surface area contributed by atoms with Crippen molar-refractivity contribution in [3.63, 3.8) is 0 Å². The second-order valence-electron chi connectivity index (χ2n) is 6.79. The van der Waals surface area contributed by atoms with Crippen LogP contribution in [0.5, 0.6) is 11.5 Å². The fourth-order valence-electron chi connectivity index (χ4n) is 2.98. The Morgan fingerprint density at radius 3 is 2.25 bits per heavy atom. The second kappa shape index (κ2) is 9.95. The first-order valence-electron chi connectivity index (χ1n) is 9.52. The summed E-state index contributed by atoms with van der Waals surface area (Å²) in [5.41, 5.74) is 2.94. The lowest BCUT2D eigenvalue weighted by Crippen LogP contribution is -2.22. The molecule has 1 N–H and O–H groups in total. The van der Waals surface area contributed by atoms with Gasteiger partial charge in [-0.25, -0.2) is 0 Å². The van der Waals surface area contributed by atoms with Crippen molar-refractivity contribution >= 4 is 17.5 Å². The Balaban J connectivity index is 2.27. The molecule has 0 radical (unpaired) electrons. The van der Waals surface area contributed by atoms with Gasteiger partial charge in [0.2, 0.25) is 0 Å². The first-order chi connectivity index (χ1) is 13.4. The fourth-order valence-corrected chi connectivity index (χ4v) is 2.98. The third-order valence-corrected chi connectivity index (χ3v) is 4.84. The van der Waals surface area contributed by atoms with Gasteiger partial charge in [0.15, 0.2) is 5.78 Å². The Labute approximate surface area is 167 Å². The molecule has 0 bridgehead atoms. The van der Waals surface area contributed by atoms with E-state index in [1.54, 1.807) is 25.3 Å². The molecule has 0 saturated carbocycles. The number of rotatable bonds is 9. The quantitative estimate of drug-likeness (QED) is 0.520. The van der Waals surface area contributed by atoms with E-state index in [9.17, 15) is 9.90 Å². The summed E-state index contributed by atoms with van der Waals surface area (Å²) in [5, 5.41) is 10.7. The molecule has 0 saturated heterocycles. The number of aromatic hydroxyl groups is 1. The van der Waals surface area contributed by atoms with E-state index in [4.69, 9.17) is 4.74 Å². The summed E-state index contributed by atoms with van der Waals surface area (Å²) in [7, 11) is 5.53. The number of carbonyl (C=O) groups is 1. The summed E-state index contributed by atoms with van der Waals surface area (Å²) >= 11 is 0. The lowest BCUT2D eigenvalue weighted by molar-refractivity contribution is 0.104. The van der Waals surface area contributed by atoms with Gasteiger partial charge in [0.05, 0.1) is 18.2 Å². The van der Waals surface area contributed by atoms with Gasteiger partial charge in [0.1, 0.15) is 11.5 Å². The monoisotopic (exact) mass is 382 g/mol. The smallest absolute Gasteiger partial charge is 0.189 e. The van der Waals surface area contributed by atoms with E-state index in [0.717, 1.165) is 24.3 Å². The minimum Gasteiger partial charge on any atom is -0.507 e. The molecule has 0 aliphatic carbocycles. The van der Waals surface area contributed by atoms with Crippen LogP contribution in [0.1, 0.15) is 35.3 Å². The molecule has 0 aromatic heterocycles. The summed E-state index contributed by atoms with van der Waals surface area (Å²) in [6.45, 7) is 6.34. The number of ketones is 1. The lowest BCUT2D eigenvalue weighted by Gasteiger charge is -2.21. The van der Waals surface area contributed by atoms with Crippen LogP contribution in [0.3, 0.4) is 0 Å². The van der Waals surface area contributed by atoms with Crippen molar-refractivity contribution in [1.29, 1.82) is 0 Å². The third kappa shape index (κ3) is 5.14. The molecule has 28 heavy (non-hydrogen) atoms. The Kier molecular flexibility index (Phi) is 7.64. The van der Waals surface area contributed by atoms with Gasteiger partial charge in [-0.3, -0.25) is 9.69 Å². The maximum absolute atomic E-state index is 12.7. The number of phenolic OH excluding ortho intramolecular Hbond substituents is 1. The van der Waals surface area contributed by atoms with Crippen LogP contribution in [0.4, 0.5) is 5.69 Å². The van der Waals surface area contributed by atoms with E-state index in [1.807, 2.05) is 43.3 Å². The zero-order chi connectivity index (χ0) is 20.7. The highest BCUT2D eigenvalue weighted by Crippen LogP contribution is 2.33. The van der Waals surface area contributed by atoms with Gasteiger partial charge >= 0.3 is 0 Å². The molecule has 0 unspecified atom stereocenters. The van der Waals surface area contributed by atoms with E-state index in [-0.39, 0.29) is 17.1 Å². The van der Waals surface area contributed by atoms with Crippen LogP contribution >= 0.6 is 0 Å². The first-order valence-corrected chi connectivity index (χ1v) is 9.52. The molecular weight excluding hydrogens is 352 g/mol. The summed E-state index contributed by atoms with van der Waals surface area (Å²) < 4.78 is 5.39. The standard InChI is InChI=1S/C23H30N2O3/c1-6-25(7-2)16-20-22(28-5)15-13-19(23(20)27)21(26)14-10-17-8-11-18(12-9-17)24(3)4/h8-15,27H,6-7,16H2,1-5H3/b14-10+. The SMILES string of the molecule is CCN(CC)Cc1c(OC)ccc(C(=O)/C=C/c2ccc(N(C)C)cc2)c1O. The average molecular weight is 383 g/mol. The summed E-state index contributed by atoms with van der Waals surface area (Å²) in [5.74, 6) is 0.339. The van der Waals surface area contributed by atoms with Crippen molar-refractivity contribution in [2.24, 2.45) is 0 Å². The molecule has 0 aliphatic rings. The van der Waals surface area contributed by atoms with Gasteiger partial charge in [-0.05, 0) is 49.0 Å². The second-order valence-corrected chi connectivity index (χ2v) is 6.79. The van der Waals surface area contributed by atoms with Crippen LogP contribution < -0.4 is 9.64 Å². The fraction of sp³-hybridized carbons (Fsp3) is 0.348. The third-order valence-electron chi connectivity index (χ3n) is 4.84. The van der Waals surface area contributed by atoms with Crippen molar-refractivity contribution < 1.29 is 14.6 Å². The number of phenols is 1. The van der Waals surface area contributed by atoms with Gasteiger partial charge in [-0.1, -0.05) is 32.1 Å². The van der Waals surface area contributed by atoms with E-state index in [0.29, 0.717) is 17.9 Å². The molecule has 0 amide bonds. The number of hydrogen-bond acceptors (Lipinski definition) is 5. The maximum atomic E-state index is 12.7. The molecule has 0 spiro atoms. The lowest BCUT2D eigenvalue weighted by atomic mass is 10.0. The topological polar surface area (TPSA) is 53.0 Å². The number of anilines is 1. The van der Waals surface area contributed by atoms with Crippen LogP contribution in [0, 0.1) is 0 Å². The Hall–Kier alpha value is -2.79. The Morgan fingerprint density at radius 2 is 1.71 bits per heavy atom. The minimum atomic E-state index is -0.238. The number of ether oxygens (including phenoxy) is 1. The molecule has 2 rings (SSSR count). The van der Waals surface area contributed by atoms with Gasteiger partial charge in [0.25, 0.3) is 0 Å². The van der Waals surface area contributed by atoms with Crippen molar-refractivity contribution in [3.05, 3.63) is 59.2 Å². The number of nitrogens with zero attached hydrogens (tertiary/aromatic N) is 2. The van der Waals surface area contributed by atoms with E-state index in [2.05, 4.69) is 18.7 Å². The summed E-state index contributed by atoms with van der Waals surface area (Å²) in [6, 6.07) is 11.3. The largest absolute Gasteiger partial charge is 0.507 e. The zero-order valence-corrected chi connectivity index (χ0v) is 17.4. The van der Waals surface area contributed by atoms with E-state index in [1.165, 1.54) is 6.08 Å². The normalized spacial score (nSPS) is 11.2. The number of benzene rings is 2. The van der Waals surface area contributed by atoms with Crippen molar-refractivity contribution in [2.75, 3.05) is 39.2 Å². The van der Waals surface area contributed by atoms with E-state index < -0.39 is 0 Å². The van der Waals surface area contributed by atoms with E-state index >= 15 is 0 Å². The highest BCUT2D eigenvalue weighted by molar-refractivity contribution is 6.09. The Bertz CT molecular complexity index is 822. The maximum Gasteiger partial charge on any atom is 0.189 e. The molecule has 2 aromatic rings. The number of hydrogen-bond donors (Lipinski definition) is 1. The van der Waals surface area contributed by atoms with Gasteiger partial charge in [-0.2, -0.15) is 0 Å². The van der Waals surface area contributed by atoms with Crippen LogP contribution in [-0.4, -0.2) is 50.1 Å². The highest BCUT2D eigenvalue weighted by Gasteiger charge is 2.18. The molecule has 0 fully saturated rings. The molecule has 5 nitrogen and oxygen atoms in total. The average Bonchev–Trinajstić information content (AvgIpc) is 2.71. The number of carbonyl (C=O) groups excluding carboxylic acids is 1. The number of methoxy groups -OCH3 is 1. The molecule has 2 aromatic carbocycles. The van der Waals surface area contributed by atoms with Crippen LogP contribution in [0.15, 0.2) is 42.5 Å². The van der Waals surface area contributed by atoms with Gasteiger partial charge in [0, 0.05) is 26.3 Å². The molecule has 5 heteroatoms. The number of allylic oxidation sites excluding steroid dienone is 1. The summed E-state index contributed by atoms with van der Waals surface area (Å²) in [4.78, 5) is 16.9.